The molecular formula is C20H36N3O7+. The standard InChI is InChI=1S/C20H35N3O7/c1-13-10-14(12-22(13)17(26)28-9)23(8,18(27)30-20(5,6)7)15(24)11-21-16(25)29-19(2,3)4/h13-14H,10-12H2,1-9H3/p+1/t13-,14-,23?/m1/s1. The molecule has 0 aliphatic carbocycles. The monoisotopic (exact) mass is 430 g/mol. The van der Waals surface area contributed by atoms with E-state index in [0.717, 1.165) is 0 Å². The van der Waals surface area contributed by atoms with Gasteiger partial charge in [-0.25, -0.2) is 14.4 Å². The van der Waals surface area contributed by atoms with Gasteiger partial charge in [0.15, 0.2) is 0 Å². The van der Waals surface area contributed by atoms with Gasteiger partial charge in [0, 0.05) is 12.5 Å². The van der Waals surface area contributed by atoms with Crippen molar-refractivity contribution in [2.24, 2.45) is 0 Å². The van der Waals surface area contributed by atoms with Crippen LogP contribution in [-0.4, -0.2) is 84.1 Å². The average Bonchev–Trinajstić information content (AvgIpc) is 2.97. The van der Waals surface area contributed by atoms with Gasteiger partial charge < -0.3 is 19.5 Å². The number of methoxy groups -OCH3 is 1. The molecule has 1 aliphatic rings. The molecule has 10 heteroatoms. The number of nitrogens with zero attached hydrogens (tertiary/aromatic N) is 2. The van der Waals surface area contributed by atoms with Gasteiger partial charge in [-0.1, -0.05) is 0 Å². The highest BCUT2D eigenvalue weighted by Gasteiger charge is 2.54. The summed E-state index contributed by atoms with van der Waals surface area (Å²) >= 11 is 0. The number of likely N-dealkylation sites (tertiary alicyclic amines) is 1. The summed E-state index contributed by atoms with van der Waals surface area (Å²) in [7, 11) is 2.73. The lowest BCUT2D eigenvalue weighted by molar-refractivity contribution is -0.787. The van der Waals surface area contributed by atoms with E-state index in [9.17, 15) is 19.2 Å². The van der Waals surface area contributed by atoms with Crippen LogP contribution in [0.3, 0.4) is 0 Å². The number of carbonyl (C=O) groups is 4. The van der Waals surface area contributed by atoms with Crippen LogP contribution in [0.5, 0.6) is 0 Å². The summed E-state index contributed by atoms with van der Waals surface area (Å²) in [5.41, 5.74) is -1.54. The second kappa shape index (κ2) is 9.20. The van der Waals surface area contributed by atoms with Crippen LogP contribution in [0.4, 0.5) is 14.4 Å². The summed E-state index contributed by atoms with van der Waals surface area (Å²) in [6, 6.07) is -0.782. The molecule has 0 aromatic heterocycles. The Morgan fingerprint density at radius 2 is 1.57 bits per heavy atom. The van der Waals surface area contributed by atoms with Crippen LogP contribution < -0.4 is 5.32 Å². The van der Waals surface area contributed by atoms with Gasteiger partial charge in [0.2, 0.25) is 0 Å². The van der Waals surface area contributed by atoms with E-state index < -0.39 is 52.5 Å². The molecular weight excluding hydrogens is 394 g/mol. The third kappa shape index (κ3) is 6.58. The maximum atomic E-state index is 13.2. The van der Waals surface area contributed by atoms with E-state index in [4.69, 9.17) is 14.2 Å². The second-order valence-corrected chi connectivity index (χ2v) is 9.67. The van der Waals surface area contributed by atoms with Crippen molar-refractivity contribution in [1.29, 1.82) is 0 Å². The summed E-state index contributed by atoms with van der Waals surface area (Å²) < 4.78 is 14.7. The second-order valence-electron chi connectivity index (χ2n) is 9.67. The summed E-state index contributed by atoms with van der Waals surface area (Å²) in [6.45, 7) is 11.8. The predicted octanol–water partition coefficient (Wildman–Crippen LogP) is 2.65. The first-order valence-corrected chi connectivity index (χ1v) is 9.96. The number of likely N-dealkylation sites (N-methyl/N-ethyl adjacent to an activating group) is 1. The number of carbonyl (C=O) groups excluding carboxylic acids is 4. The highest BCUT2D eigenvalue weighted by atomic mass is 16.6. The summed E-state index contributed by atoms with van der Waals surface area (Å²) in [5, 5.41) is 2.40. The van der Waals surface area contributed by atoms with Crippen molar-refractivity contribution in [3.05, 3.63) is 0 Å². The van der Waals surface area contributed by atoms with E-state index in [1.165, 1.54) is 19.1 Å². The molecule has 0 radical (unpaired) electrons. The van der Waals surface area contributed by atoms with Gasteiger partial charge in [-0.05, 0) is 48.5 Å². The Morgan fingerprint density at radius 3 is 2.03 bits per heavy atom. The predicted molar refractivity (Wildman–Crippen MR) is 109 cm³/mol. The molecule has 1 rings (SSSR count). The van der Waals surface area contributed by atoms with E-state index in [-0.39, 0.29) is 12.6 Å². The smallest absolute Gasteiger partial charge is 0.453 e. The van der Waals surface area contributed by atoms with Crippen LogP contribution >= 0.6 is 0 Å². The zero-order valence-electron chi connectivity index (χ0n) is 19.5. The fourth-order valence-electron chi connectivity index (χ4n) is 3.19. The summed E-state index contributed by atoms with van der Waals surface area (Å²) in [6.07, 6.45) is -1.65. The number of ether oxygens (including phenoxy) is 3. The number of amides is 4. The number of imide groups is 1. The van der Waals surface area contributed by atoms with Crippen molar-refractivity contribution in [1.82, 2.24) is 10.2 Å². The van der Waals surface area contributed by atoms with Gasteiger partial charge >= 0.3 is 24.2 Å². The molecule has 0 bridgehead atoms. The average molecular weight is 431 g/mol. The van der Waals surface area contributed by atoms with Crippen LogP contribution in [0.15, 0.2) is 0 Å². The maximum Gasteiger partial charge on any atom is 0.524 e. The molecule has 30 heavy (non-hydrogen) atoms. The Kier molecular flexibility index (Phi) is 7.87. The van der Waals surface area contributed by atoms with Crippen molar-refractivity contribution in [3.63, 3.8) is 0 Å². The Bertz CT molecular complexity index is 681. The molecule has 1 heterocycles. The van der Waals surface area contributed by atoms with Crippen LogP contribution in [-0.2, 0) is 19.0 Å². The SMILES string of the molecule is COC(=O)N1C[C@H]([N+](C)(C(=O)CNC(=O)OC(C)(C)C)C(=O)OC(C)(C)C)C[C@H]1C. The molecule has 0 saturated carbocycles. The molecule has 0 aromatic rings. The van der Waals surface area contributed by atoms with Crippen molar-refractivity contribution in [2.75, 3.05) is 27.2 Å². The Morgan fingerprint density at radius 1 is 1.03 bits per heavy atom. The zero-order chi connectivity index (χ0) is 23.5. The van der Waals surface area contributed by atoms with E-state index in [0.29, 0.717) is 6.42 Å². The van der Waals surface area contributed by atoms with Crippen molar-refractivity contribution in [3.8, 4) is 0 Å². The molecule has 1 saturated heterocycles. The fourth-order valence-corrected chi connectivity index (χ4v) is 3.19. The van der Waals surface area contributed by atoms with Gasteiger partial charge in [0.1, 0.15) is 23.8 Å². The van der Waals surface area contributed by atoms with Crippen molar-refractivity contribution < 1.29 is 37.9 Å². The third-order valence-corrected chi connectivity index (χ3v) is 4.77. The van der Waals surface area contributed by atoms with E-state index in [2.05, 4.69) is 5.32 Å². The largest absolute Gasteiger partial charge is 0.524 e. The first kappa shape index (κ1) is 25.7. The van der Waals surface area contributed by atoms with Gasteiger partial charge in [0.25, 0.3) is 0 Å². The number of alkyl carbamates (subject to hydrolysis) is 1. The summed E-state index contributed by atoms with van der Waals surface area (Å²) in [5.74, 6) is -0.570. The highest BCUT2D eigenvalue weighted by molar-refractivity contribution is 5.85. The van der Waals surface area contributed by atoms with Crippen LogP contribution in [0.2, 0.25) is 0 Å². The molecule has 0 aromatic carbocycles. The highest BCUT2D eigenvalue weighted by Crippen LogP contribution is 2.29. The molecule has 3 atom stereocenters. The number of quaternary nitrogens is 1. The minimum absolute atomic E-state index is 0.141. The molecule has 4 amide bonds. The minimum atomic E-state index is -0.818. The lowest BCUT2D eigenvalue weighted by Crippen LogP contribution is -2.64. The van der Waals surface area contributed by atoms with Crippen LogP contribution in [0.25, 0.3) is 0 Å². The Labute approximate surface area is 178 Å². The van der Waals surface area contributed by atoms with Crippen molar-refractivity contribution >= 4 is 24.2 Å². The first-order chi connectivity index (χ1) is 13.5. The number of hydrogen-bond donors (Lipinski definition) is 1. The molecule has 172 valence electrons. The molecule has 1 aliphatic heterocycles. The third-order valence-electron chi connectivity index (χ3n) is 4.77. The van der Waals surface area contributed by atoms with Gasteiger partial charge in [-0.2, -0.15) is 9.28 Å². The molecule has 0 spiro atoms. The molecule has 1 unspecified atom stereocenters. The van der Waals surface area contributed by atoms with Crippen LogP contribution in [0, 0.1) is 0 Å². The maximum absolute atomic E-state index is 13.2. The van der Waals surface area contributed by atoms with Gasteiger partial charge in [-0.15, -0.1) is 0 Å². The van der Waals surface area contributed by atoms with Crippen LogP contribution in [0.1, 0.15) is 54.9 Å². The zero-order valence-corrected chi connectivity index (χ0v) is 19.5. The lowest BCUT2D eigenvalue weighted by atomic mass is 10.1. The van der Waals surface area contributed by atoms with Gasteiger partial charge in [0.05, 0.1) is 20.7 Å². The Hall–Kier alpha value is -2.36. The number of hydrogen-bond acceptors (Lipinski definition) is 7. The minimum Gasteiger partial charge on any atom is -0.453 e. The van der Waals surface area contributed by atoms with E-state index in [1.807, 2.05) is 6.92 Å². The Balaban J connectivity index is 3.10. The van der Waals surface area contributed by atoms with E-state index in [1.54, 1.807) is 41.5 Å². The quantitative estimate of drug-likeness (QED) is 0.541. The van der Waals surface area contributed by atoms with Gasteiger partial charge in [-0.3, -0.25) is 4.90 Å². The fraction of sp³-hybridized carbons (Fsp3) is 0.800. The first-order valence-electron chi connectivity index (χ1n) is 9.96. The lowest BCUT2D eigenvalue weighted by Gasteiger charge is -2.35. The molecule has 1 fully saturated rings. The number of nitrogens with one attached hydrogen (secondary N) is 1. The van der Waals surface area contributed by atoms with Crippen molar-refractivity contribution in [2.45, 2.75) is 78.2 Å². The number of rotatable bonds is 3. The topological polar surface area (TPSA) is 111 Å². The summed E-state index contributed by atoms with van der Waals surface area (Å²) in [4.78, 5) is 51.7. The normalized spacial score (nSPS) is 21.4. The molecule has 10 nitrogen and oxygen atoms in total. The van der Waals surface area contributed by atoms with E-state index >= 15 is 0 Å². The molecule has 1 N–H and O–H groups in total.